The summed E-state index contributed by atoms with van der Waals surface area (Å²) in [4.78, 5) is 34.9. The molecule has 1 aliphatic rings. The van der Waals surface area contributed by atoms with Crippen LogP contribution in [-0.4, -0.2) is 52.5 Å². The maximum absolute atomic E-state index is 12.2. The number of nitrogens with one attached hydrogen (secondary N) is 2. The average Bonchev–Trinajstić information content (AvgIpc) is 3.17. The van der Waals surface area contributed by atoms with Gasteiger partial charge in [0.1, 0.15) is 0 Å². The lowest BCUT2D eigenvalue weighted by atomic mass is 9.98. The van der Waals surface area contributed by atoms with Crippen LogP contribution in [0.4, 0.5) is 0 Å². The topological polar surface area (TPSA) is 128 Å². The van der Waals surface area contributed by atoms with Crippen LogP contribution in [-0.2, 0) is 19.1 Å². The summed E-state index contributed by atoms with van der Waals surface area (Å²) in [5.41, 5.74) is -2.09. The highest BCUT2D eigenvalue weighted by Crippen LogP contribution is 2.24. The van der Waals surface area contributed by atoms with E-state index in [9.17, 15) is 19.5 Å². The van der Waals surface area contributed by atoms with Crippen LogP contribution in [0, 0.1) is 11.8 Å². The first kappa shape index (κ1) is 19.4. The van der Waals surface area contributed by atoms with Gasteiger partial charge in [-0.1, -0.05) is 27.7 Å². The second kappa shape index (κ2) is 7.74. The number of aliphatic hydroxyl groups is 1. The fraction of sp³-hybridized carbons (Fsp3) is 0.800. The highest BCUT2D eigenvalue weighted by Gasteiger charge is 2.53. The first-order valence-electron chi connectivity index (χ1n) is 7.77. The van der Waals surface area contributed by atoms with E-state index in [0.717, 1.165) is 6.42 Å². The van der Waals surface area contributed by atoms with Crippen molar-refractivity contribution in [2.75, 3.05) is 6.54 Å². The molecule has 8 nitrogen and oxygen atoms in total. The fourth-order valence-corrected chi connectivity index (χ4v) is 2.19. The van der Waals surface area contributed by atoms with Gasteiger partial charge >= 0.3 is 5.97 Å². The highest BCUT2D eigenvalue weighted by molar-refractivity contribution is 5.96. The molecule has 0 bridgehead atoms. The summed E-state index contributed by atoms with van der Waals surface area (Å²) in [7, 11) is 0. The number of rotatable bonds is 9. The first-order valence-corrected chi connectivity index (χ1v) is 7.77. The second-order valence-electron chi connectivity index (χ2n) is 6.70. The van der Waals surface area contributed by atoms with Crippen LogP contribution in [0.1, 0.15) is 40.5 Å². The van der Waals surface area contributed by atoms with E-state index in [1.165, 1.54) is 0 Å². The highest BCUT2D eigenvalue weighted by atomic mass is 16.6. The Morgan fingerprint density at radius 1 is 1.13 bits per heavy atom. The number of hydrogen-bond donors (Lipinski definition) is 4. The minimum Gasteiger partial charge on any atom is -0.479 e. The van der Waals surface area contributed by atoms with Crippen molar-refractivity contribution >= 4 is 17.8 Å². The number of carbonyl (C=O) groups is 3. The maximum atomic E-state index is 12.2. The summed E-state index contributed by atoms with van der Waals surface area (Å²) in [6.07, 6.45) is -1.64. The SMILES string of the molecule is CC(C)CCNC(=O)C(O)(CC(C)C)NC(=O)C1OC1C(=O)O. The Morgan fingerprint density at radius 3 is 2.17 bits per heavy atom. The van der Waals surface area contributed by atoms with E-state index in [4.69, 9.17) is 9.84 Å². The zero-order valence-corrected chi connectivity index (χ0v) is 14.0. The quantitative estimate of drug-likeness (QED) is 0.344. The van der Waals surface area contributed by atoms with E-state index in [-0.39, 0.29) is 12.3 Å². The van der Waals surface area contributed by atoms with Gasteiger partial charge in [0.05, 0.1) is 0 Å². The zero-order chi connectivity index (χ0) is 17.8. The van der Waals surface area contributed by atoms with Crippen molar-refractivity contribution in [1.29, 1.82) is 0 Å². The number of hydrogen-bond acceptors (Lipinski definition) is 5. The van der Waals surface area contributed by atoms with Crippen LogP contribution in [0.5, 0.6) is 0 Å². The third-order valence-electron chi connectivity index (χ3n) is 3.41. The Hall–Kier alpha value is -1.67. The Balaban J connectivity index is 2.68. The van der Waals surface area contributed by atoms with E-state index in [2.05, 4.69) is 10.6 Å². The minimum absolute atomic E-state index is 0.0106. The van der Waals surface area contributed by atoms with Crippen LogP contribution < -0.4 is 10.6 Å². The Morgan fingerprint density at radius 2 is 1.74 bits per heavy atom. The van der Waals surface area contributed by atoms with Gasteiger partial charge < -0.3 is 25.6 Å². The third kappa shape index (κ3) is 5.80. The first-order chi connectivity index (χ1) is 10.6. The molecular formula is C15H26N2O6. The van der Waals surface area contributed by atoms with Crippen molar-refractivity contribution in [3.8, 4) is 0 Å². The van der Waals surface area contributed by atoms with Gasteiger partial charge in [-0.2, -0.15) is 0 Å². The average molecular weight is 330 g/mol. The lowest BCUT2D eigenvalue weighted by molar-refractivity contribution is -0.151. The molecule has 1 rings (SSSR count). The number of epoxide rings is 1. The van der Waals surface area contributed by atoms with Gasteiger partial charge in [-0.15, -0.1) is 0 Å². The summed E-state index contributed by atoms with van der Waals surface area (Å²) in [5.74, 6) is -2.43. The molecule has 0 aromatic rings. The molecule has 0 radical (unpaired) electrons. The van der Waals surface area contributed by atoms with Crippen LogP contribution >= 0.6 is 0 Å². The summed E-state index contributed by atoms with van der Waals surface area (Å²) < 4.78 is 4.73. The van der Waals surface area contributed by atoms with Crippen molar-refractivity contribution in [3.63, 3.8) is 0 Å². The molecule has 2 amide bonds. The molecule has 0 saturated carbocycles. The number of amides is 2. The Kier molecular flexibility index (Phi) is 6.52. The van der Waals surface area contributed by atoms with Gasteiger partial charge in [-0.25, -0.2) is 4.79 Å². The molecule has 3 atom stereocenters. The number of carboxylic acid groups (broad SMARTS) is 1. The van der Waals surface area contributed by atoms with Gasteiger partial charge in [-0.05, 0) is 18.3 Å². The Labute approximate surface area is 135 Å². The minimum atomic E-state index is -2.09. The zero-order valence-electron chi connectivity index (χ0n) is 14.0. The summed E-state index contributed by atoms with van der Waals surface area (Å²) in [6.45, 7) is 7.98. The molecule has 0 spiro atoms. The fourth-order valence-electron chi connectivity index (χ4n) is 2.19. The van der Waals surface area contributed by atoms with Crippen molar-refractivity contribution < 1.29 is 29.3 Å². The molecule has 1 aliphatic heterocycles. The largest absolute Gasteiger partial charge is 0.479 e. The number of ether oxygens (including phenoxy) is 1. The smallest absolute Gasteiger partial charge is 0.336 e. The van der Waals surface area contributed by atoms with Gasteiger partial charge in [-0.3, -0.25) is 9.59 Å². The molecule has 0 aromatic carbocycles. The van der Waals surface area contributed by atoms with Gasteiger partial charge in [0.25, 0.3) is 11.8 Å². The Bertz CT molecular complexity index is 465. The molecule has 1 saturated heterocycles. The predicted molar refractivity (Wildman–Crippen MR) is 81.3 cm³/mol. The standard InChI is InChI=1S/C15H26N2O6/c1-8(2)5-6-16-14(21)15(22,7-9(3)4)17-12(18)10-11(23-10)13(19)20/h8-11,22H,5-7H2,1-4H3,(H,16,21)(H,17,18)(H,19,20). The van der Waals surface area contributed by atoms with Crippen LogP contribution in [0.3, 0.4) is 0 Å². The third-order valence-corrected chi connectivity index (χ3v) is 3.41. The summed E-state index contributed by atoms with van der Waals surface area (Å²) in [6, 6.07) is 0. The van der Waals surface area contributed by atoms with Gasteiger partial charge in [0.2, 0.25) is 5.72 Å². The maximum Gasteiger partial charge on any atom is 0.336 e. The number of carboxylic acids is 1. The van der Waals surface area contributed by atoms with E-state index in [1.54, 1.807) is 13.8 Å². The summed E-state index contributed by atoms with van der Waals surface area (Å²) >= 11 is 0. The molecule has 0 aliphatic carbocycles. The molecule has 4 N–H and O–H groups in total. The molecular weight excluding hydrogens is 304 g/mol. The van der Waals surface area contributed by atoms with Crippen molar-refractivity contribution in [2.24, 2.45) is 11.8 Å². The molecule has 1 fully saturated rings. The molecule has 1 heterocycles. The van der Waals surface area contributed by atoms with Crippen molar-refractivity contribution in [2.45, 2.75) is 58.5 Å². The van der Waals surface area contributed by atoms with Gasteiger partial charge in [0.15, 0.2) is 12.2 Å². The molecule has 8 heteroatoms. The number of carbonyl (C=O) groups excluding carboxylic acids is 2. The lowest BCUT2D eigenvalue weighted by Crippen LogP contribution is -2.60. The number of aliphatic carboxylic acids is 1. The molecule has 3 unspecified atom stereocenters. The normalized spacial score (nSPS) is 22.6. The second-order valence-corrected chi connectivity index (χ2v) is 6.70. The molecule has 23 heavy (non-hydrogen) atoms. The van der Waals surface area contributed by atoms with Crippen molar-refractivity contribution in [1.82, 2.24) is 10.6 Å². The monoisotopic (exact) mass is 330 g/mol. The van der Waals surface area contributed by atoms with Crippen LogP contribution in [0.2, 0.25) is 0 Å². The predicted octanol–water partition coefficient (Wildman–Crippen LogP) is -0.148. The molecule has 132 valence electrons. The van der Waals surface area contributed by atoms with E-state index >= 15 is 0 Å². The van der Waals surface area contributed by atoms with Crippen LogP contribution in [0.25, 0.3) is 0 Å². The summed E-state index contributed by atoms with van der Waals surface area (Å²) in [5, 5.41) is 24.1. The van der Waals surface area contributed by atoms with E-state index in [0.29, 0.717) is 12.5 Å². The van der Waals surface area contributed by atoms with Crippen LogP contribution in [0.15, 0.2) is 0 Å². The van der Waals surface area contributed by atoms with E-state index in [1.807, 2.05) is 13.8 Å². The van der Waals surface area contributed by atoms with Gasteiger partial charge in [0, 0.05) is 13.0 Å². The lowest BCUT2D eigenvalue weighted by Gasteiger charge is -2.29. The molecule has 0 aromatic heterocycles. The van der Waals surface area contributed by atoms with E-state index < -0.39 is 35.7 Å². The van der Waals surface area contributed by atoms with Crippen molar-refractivity contribution in [3.05, 3.63) is 0 Å².